The Morgan fingerprint density at radius 1 is 1.28 bits per heavy atom. The number of hydrogen-bond donors (Lipinski definition) is 0. The zero-order chi connectivity index (χ0) is 18.0. The Morgan fingerprint density at radius 2 is 2.00 bits per heavy atom. The molecule has 0 bridgehead atoms. The first-order valence-corrected chi connectivity index (χ1v) is 10.9. The van der Waals surface area contributed by atoms with Crippen molar-refractivity contribution in [3.05, 3.63) is 35.1 Å². The molecule has 1 aromatic carbocycles. The van der Waals surface area contributed by atoms with Crippen LogP contribution in [0.5, 0.6) is 0 Å². The molecule has 136 valence electrons. The Morgan fingerprint density at radius 3 is 2.56 bits per heavy atom. The van der Waals surface area contributed by atoms with Crippen molar-refractivity contribution < 1.29 is 8.42 Å². The fourth-order valence-corrected chi connectivity index (χ4v) is 5.40. The van der Waals surface area contributed by atoms with Gasteiger partial charge in [0.1, 0.15) is 0 Å². The van der Waals surface area contributed by atoms with Crippen molar-refractivity contribution in [3.63, 3.8) is 0 Å². The summed E-state index contributed by atoms with van der Waals surface area (Å²) in [5, 5.41) is 4.73. The minimum absolute atomic E-state index is 0.0452. The highest BCUT2D eigenvalue weighted by molar-refractivity contribution is 7.91. The fraction of sp³-hybridized carbons (Fsp3) is 0.529. The minimum atomic E-state index is -2.91. The summed E-state index contributed by atoms with van der Waals surface area (Å²) in [5.74, 6) is 1.36. The van der Waals surface area contributed by atoms with Crippen molar-refractivity contribution in [2.45, 2.75) is 39.5 Å². The van der Waals surface area contributed by atoms with Gasteiger partial charge in [-0.2, -0.15) is 5.10 Å². The lowest BCUT2D eigenvalue weighted by molar-refractivity contribution is 0.164. The summed E-state index contributed by atoms with van der Waals surface area (Å²) in [5.41, 5.74) is 1.03. The average molecular weight is 381 g/mol. The van der Waals surface area contributed by atoms with Gasteiger partial charge < -0.3 is 4.57 Å². The number of aromatic nitrogens is 3. The molecule has 3 rings (SSSR count). The molecule has 1 saturated heterocycles. The van der Waals surface area contributed by atoms with E-state index < -0.39 is 9.84 Å². The average Bonchev–Trinajstić information content (AvgIpc) is 3.12. The zero-order valence-electron chi connectivity index (χ0n) is 14.6. The van der Waals surface area contributed by atoms with E-state index in [0.29, 0.717) is 17.9 Å². The van der Waals surface area contributed by atoms with Crippen molar-refractivity contribution in [2.24, 2.45) is 0 Å². The highest BCUT2D eigenvalue weighted by atomic mass is 32.2. The molecule has 2 heterocycles. The largest absolute Gasteiger partial charge is 0.300 e. The van der Waals surface area contributed by atoms with Gasteiger partial charge in [-0.15, -0.1) is 0 Å². The van der Waals surface area contributed by atoms with Crippen LogP contribution in [0.3, 0.4) is 0 Å². The topological polar surface area (TPSA) is 60.1 Å². The summed E-state index contributed by atoms with van der Waals surface area (Å²) in [6.07, 6.45) is 0.684. The van der Waals surface area contributed by atoms with Crippen LogP contribution in [0, 0.1) is 4.77 Å². The second-order valence-corrected chi connectivity index (χ2v) is 8.91. The highest BCUT2D eigenvalue weighted by Gasteiger charge is 2.32. The normalized spacial score (nSPS) is 19.6. The molecule has 0 N–H and O–H groups in total. The second-order valence-electron chi connectivity index (χ2n) is 6.32. The maximum atomic E-state index is 11.8. The first-order valence-electron chi connectivity index (χ1n) is 8.62. The highest BCUT2D eigenvalue weighted by Crippen LogP contribution is 2.21. The Kier molecular flexibility index (Phi) is 5.41. The monoisotopic (exact) mass is 380 g/mol. The molecule has 1 aliphatic heterocycles. The van der Waals surface area contributed by atoms with Crippen molar-refractivity contribution in [1.29, 1.82) is 0 Å². The van der Waals surface area contributed by atoms with Gasteiger partial charge in [-0.25, -0.2) is 13.1 Å². The molecule has 0 saturated carbocycles. The van der Waals surface area contributed by atoms with E-state index >= 15 is 0 Å². The second kappa shape index (κ2) is 7.39. The third-order valence-corrected chi connectivity index (χ3v) is 6.90. The van der Waals surface area contributed by atoms with Crippen molar-refractivity contribution in [3.8, 4) is 11.4 Å². The molecule has 0 spiro atoms. The van der Waals surface area contributed by atoms with E-state index in [1.807, 2.05) is 46.5 Å². The van der Waals surface area contributed by atoms with E-state index in [2.05, 4.69) is 11.8 Å². The van der Waals surface area contributed by atoms with E-state index in [4.69, 9.17) is 17.3 Å². The van der Waals surface area contributed by atoms with E-state index in [1.54, 1.807) is 0 Å². The van der Waals surface area contributed by atoms with Crippen LogP contribution in [-0.2, 0) is 23.1 Å². The van der Waals surface area contributed by atoms with Gasteiger partial charge in [0.05, 0.1) is 18.2 Å². The number of hydrogen-bond acceptors (Lipinski definition) is 5. The van der Waals surface area contributed by atoms with Crippen LogP contribution in [0.25, 0.3) is 11.4 Å². The molecule has 0 aliphatic carbocycles. The molecule has 1 aromatic heterocycles. The van der Waals surface area contributed by atoms with Crippen LogP contribution < -0.4 is 0 Å². The molecule has 25 heavy (non-hydrogen) atoms. The van der Waals surface area contributed by atoms with Gasteiger partial charge >= 0.3 is 0 Å². The molecule has 2 aromatic rings. The standard InChI is InChI=1S/C17H24N4O2S2/c1-3-19(15-10-11-25(22,23)12-15)13-21-17(24)20(4-2)16(18-21)14-8-6-5-7-9-14/h5-9,15H,3-4,10-13H2,1-2H3/t15-/m1/s1. The number of benzene rings is 1. The van der Waals surface area contributed by atoms with Crippen molar-refractivity contribution in [2.75, 3.05) is 18.1 Å². The lowest BCUT2D eigenvalue weighted by Crippen LogP contribution is -2.37. The van der Waals surface area contributed by atoms with Gasteiger partial charge in [0.15, 0.2) is 20.4 Å². The van der Waals surface area contributed by atoms with Crippen molar-refractivity contribution >= 4 is 22.1 Å². The SMILES string of the molecule is CCN(Cn1nc(-c2ccccc2)n(CC)c1=S)[C@@H]1CCS(=O)(=O)C1. The third-order valence-electron chi connectivity index (χ3n) is 4.72. The lowest BCUT2D eigenvalue weighted by Gasteiger charge is -2.26. The molecule has 1 aliphatic rings. The Hall–Kier alpha value is -1.51. The van der Waals surface area contributed by atoms with Gasteiger partial charge in [-0.3, -0.25) is 4.90 Å². The van der Waals surface area contributed by atoms with E-state index in [1.165, 1.54) is 0 Å². The van der Waals surface area contributed by atoms with Gasteiger partial charge in [0.25, 0.3) is 0 Å². The molecular weight excluding hydrogens is 356 g/mol. The Bertz CT molecular complexity index is 887. The maximum Gasteiger partial charge on any atom is 0.199 e. The summed E-state index contributed by atoms with van der Waals surface area (Å²) < 4.78 is 28.1. The fourth-order valence-electron chi connectivity index (χ4n) is 3.33. The minimum Gasteiger partial charge on any atom is -0.300 e. The molecular formula is C17H24N4O2S2. The smallest absolute Gasteiger partial charge is 0.199 e. The van der Waals surface area contributed by atoms with Gasteiger partial charge in [-0.1, -0.05) is 37.3 Å². The van der Waals surface area contributed by atoms with Crippen LogP contribution in [-0.4, -0.2) is 51.8 Å². The van der Waals surface area contributed by atoms with Crippen LogP contribution in [0.2, 0.25) is 0 Å². The van der Waals surface area contributed by atoms with Gasteiger partial charge in [-0.05, 0) is 32.1 Å². The molecule has 0 radical (unpaired) electrons. The quantitative estimate of drug-likeness (QED) is 0.721. The van der Waals surface area contributed by atoms with Crippen LogP contribution in [0.1, 0.15) is 20.3 Å². The molecule has 1 atom stereocenters. The number of nitrogens with zero attached hydrogens (tertiary/aromatic N) is 4. The van der Waals surface area contributed by atoms with Gasteiger partial charge in [0.2, 0.25) is 0 Å². The molecule has 6 nitrogen and oxygen atoms in total. The molecule has 0 unspecified atom stereocenters. The van der Waals surface area contributed by atoms with Gasteiger partial charge in [0, 0.05) is 18.2 Å². The summed E-state index contributed by atoms with van der Waals surface area (Å²) in [6, 6.07) is 10.0. The Balaban J connectivity index is 1.90. The molecule has 8 heteroatoms. The number of sulfone groups is 1. The zero-order valence-corrected chi connectivity index (χ0v) is 16.3. The van der Waals surface area contributed by atoms with Crippen LogP contribution in [0.15, 0.2) is 30.3 Å². The first-order chi connectivity index (χ1) is 11.9. The summed E-state index contributed by atoms with van der Waals surface area (Å²) in [7, 11) is -2.91. The molecule has 1 fully saturated rings. The predicted octanol–water partition coefficient (Wildman–Crippen LogP) is 2.57. The lowest BCUT2D eigenvalue weighted by atomic mass is 10.2. The predicted molar refractivity (Wildman–Crippen MR) is 102 cm³/mol. The van der Waals surface area contributed by atoms with E-state index in [-0.39, 0.29) is 17.5 Å². The summed E-state index contributed by atoms with van der Waals surface area (Å²) in [6.45, 7) is 6.12. The first kappa shape index (κ1) is 18.3. The Labute approximate surface area is 154 Å². The van der Waals surface area contributed by atoms with E-state index in [9.17, 15) is 8.42 Å². The summed E-state index contributed by atoms with van der Waals surface area (Å²) >= 11 is 5.62. The maximum absolute atomic E-state index is 11.8. The molecule has 0 amide bonds. The third kappa shape index (κ3) is 3.86. The van der Waals surface area contributed by atoms with E-state index in [0.717, 1.165) is 24.5 Å². The van der Waals surface area contributed by atoms with Crippen molar-refractivity contribution in [1.82, 2.24) is 19.2 Å². The van der Waals surface area contributed by atoms with Crippen LogP contribution >= 0.6 is 12.2 Å². The summed E-state index contributed by atoms with van der Waals surface area (Å²) in [4.78, 5) is 2.15. The number of rotatable bonds is 6. The van der Waals surface area contributed by atoms with Crippen LogP contribution in [0.4, 0.5) is 0 Å².